The van der Waals surface area contributed by atoms with Crippen LogP contribution >= 0.6 is 0 Å². The Balaban J connectivity index is 2.10. The fourth-order valence-electron chi connectivity index (χ4n) is 1.86. The van der Waals surface area contributed by atoms with Crippen molar-refractivity contribution in [1.29, 1.82) is 0 Å². The lowest BCUT2D eigenvalue weighted by Gasteiger charge is -2.10. The van der Waals surface area contributed by atoms with Gasteiger partial charge in [-0.3, -0.25) is 10.1 Å². The van der Waals surface area contributed by atoms with E-state index < -0.39 is 17.9 Å². The lowest BCUT2D eigenvalue weighted by atomic mass is 10.1. The highest BCUT2D eigenvalue weighted by molar-refractivity contribution is 6.09. The standard InChI is InChI=1S/C16H14N2O4/c1-10-7-8-13(12(9-10)15(20)21)17-16(22)18-14(19)11-5-3-2-4-6-11/h2-9H,1H3,(H,20,21)(H2,17,18,19,22). The molecule has 0 unspecified atom stereocenters. The molecule has 2 aromatic rings. The van der Waals surface area contributed by atoms with E-state index in [1.807, 2.05) is 0 Å². The molecule has 2 rings (SSSR count). The largest absolute Gasteiger partial charge is 0.478 e. The van der Waals surface area contributed by atoms with Crippen LogP contribution in [0, 0.1) is 6.92 Å². The van der Waals surface area contributed by atoms with Crippen molar-refractivity contribution in [3.05, 3.63) is 65.2 Å². The summed E-state index contributed by atoms with van der Waals surface area (Å²) in [5.74, 6) is -1.73. The lowest BCUT2D eigenvalue weighted by Crippen LogP contribution is -2.34. The fourth-order valence-corrected chi connectivity index (χ4v) is 1.86. The highest BCUT2D eigenvalue weighted by atomic mass is 16.4. The Kier molecular flexibility index (Phi) is 4.53. The first-order valence-corrected chi connectivity index (χ1v) is 6.48. The summed E-state index contributed by atoms with van der Waals surface area (Å²) in [6.45, 7) is 1.75. The number of amides is 3. The maximum atomic E-state index is 11.8. The van der Waals surface area contributed by atoms with Crippen LogP contribution in [-0.4, -0.2) is 23.0 Å². The Labute approximate surface area is 126 Å². The van der Waals surface area contributed by atoms with Gasteiger partial charge in [-0.15, -0.1) is 0 Å². The summed E-state index contributed by atoms with van der Waals surface area (Å²) >= 11 is 0. The summed E-state index contributed by atoms with van der Waals surface area (Å²) in [6, 6.07) is 12.0. The van der Waals surface area contributed by atoms with Gasteiger partial charge < -0.3 is 10.4 Å². The second kappa shape index (κ2) is 6.53. The van der Waals surface area contributed by atoms with Crippen molar-refractivity contribution in [3.63, 3.8) is 0 Å². The molecule has 0 spiro atoms. The molecule has 0 bridgehead atoms. The van der Waals surface area contributed by atoms with Gasteiger partial charge in [0, 0.05) is 5.56 Å². The Hall–Kier alpha value is -3.15. The zero-order valence-corrected chi connectivity index (χ0v) is 11.8. The number of anilines is 1. The van der Waals surface area contributed by atoms with Crippen molar-refractivity contribution in [2.75, 3.05) is 5.32 Å². The van der Waals surface area contributed by atoms with Gasteiger partial charge in [-0.1, -0.05) is 29.8 Å². The van der Waals surface area contributed by atoms with Gasteiger partial charge in [0.1, 0.15) is 0 Å². The molecule has 0 heterocycles. The quantitative estimate of drug-likeness (QED) is 0.811. The number of carbonyl (C=O) groups is 3. The van der Waals surface area contributed by atoms with Gasteiger partial charge in [0.2, 0.25) is 0 Å². The number of hydrogen-bond donors (Lipinski definition) is 3. The van der Waals surface area contributed by atoms with E-state index in [9.17, 15) is 14.4 Å². The average Bonchev–Trinajstić information content (AvgIpc) is 2.49. The van der Waals surface area contributed by atoms with E-state index in [0.717, 1.165) is 5.56 Å². The first-order valence-electron chi connectivity index (χ1n) is 6.48. The molecule has 0 radical (unpaired) electrons. The monoisotopic (exact) mass is 298 g/mol. The van der Waals surface area contributed by atoms with Crippen molar-refractivity contribution in [3.8, 4) is 0 Å². The molecule has 0 aliphatic heterocycles. The zero-order chi connectivity index (χ0) is 16.1. The third-order valence-electron chi connectivity index (χ3n) is 2.92. The van der Waals surface area contributed by atoms with Gasteiger partial charge in [-0.25, -0.2) is 9.59 Å². The van der Waals surface area contributed by atoms with E-state index in [1.165, 1.54) is 12.1 Å². The maximum absolute atomic E-state index is 11.8. The predicted octanol–water partition coefficient (Wildman–Crippen LogP) is 2.66. The zero-order valence-electron chi connectivity index (χ0n) is 11.8. The molecule has 0 aliphatic rings. The van der Waals surface area contributed by atoms with Crippen molar-refractivity contribution in [1.82, 2.24) is 5.32 Å². The molecule has 0 saturated heterocycles. The SMILES string of the molecule is Cc1ccc(NC(=O)NC(=O)c2ccccc2)c(C(=O)O)c1. The molecule has 2 aromatic carbocycles. The molecular weight excluding hydrogens is 284 g/mol. The Morgan fingerprint density at radius 1 is 1.00 bits per heavy atom. The summed E-state index contributed by atoms with van der Waals surface area (Å²) in [6.07, 6.45) is 0. The van der Waals surface area contributed by atoms with E-state index in [-0.39, 0.29) is 11.3 Å². The minimum absolute atomic E-state index is 0.0395. The molecule has 0 aromatic heterocycles. The topological polar surface area (TPSA) is 95.5 Å². The van der Waals surface area contributed by atoms with E-state index in [1.54, 1.807) is 43.3 Å². The van der Waals surface area contributed by atoms with Crippen molar-refractivity contribution < 1.29 is 19.5 Å². The second-order valence-corrected chi connectivity index (χ2v) is 4.63. The van der Waals surface area contributed by atoms with E-state index in [4.69, 9.17) is 5.11 Å². The molecule has 112 valence electrons. The molecule has 6 nitrogen and oxygen atoms in total. The number of aromatic carboxylic acids is 1. The molecule has 0 atom stereocenters. The van der Waals surface area contributed by atoms with Gasteiger partial charge >= 0.3 is 12.0 Å². The number of carboxylic acid groups (broad SMARTS) is 1. The molecule has 22 heavy (non-hydrogen) atoms. The number of hydrogen-bond acceptors (Lipinski definition) is 3. The summed E-state index contributed by atoms with van der Waals surface area (Å²) in [5, 5.41) is 13.6. The molecule has 0 aliphatic carbocycles. The van der Waals surface area contributed by atoms with Crippen LogP contribution in [0.4, 0.5) is 10.5 Å². The minimum Gasteiger partial charge on any atom is -0.478 e. The molecular formula is C16H14N2O4. The van der Waals surface area contributed by atoms with Crippen LogP contribution in [0.2, 0.25) is 0 Å². The number of carbonyl (C=O) groups excluding carboxylic acids is 2. The average molecular weight is 298 g/mol. The highest BCUT2D eigenvalue weighted by Gasteiger charge is 2.14. The fraction of sp³-hybridized carbons (Fsp3) is 0.0625. The first kappa shape index (κ1) is 15.2. The lowest BCUT2D eigenvalue weighted by molar-refractivity contribution is 0.0697. The summed E-state index contributed by atoms with van der Waals surface area (Å²) in [7, 11) is 0. The number of carboxylic acids is 1. The van der Waals surface area contributed by atoms with Crippen LogP contribution in [0.15, 0.2) is 48.5 Å². The van der Waals surface area contributed by atoms with E-state index >= 15 is 0 Å². The van der Waals surface area contributed by atoms with Gasteiger partial charge in [-0.05, 0) is 31.2 Å². The van der Waals surface area contributed by atoms with Crippen molar-refractivity contribution >= 4 is 23.6 Å². The maximum Gasteiger partial charge on any atom is 0.337 e. The third-order valence-corrected chi connectivity index (χ3v) is 2.92. The molecule has 0 fully saturated rings. The van der Waals surface area contributed by atoms with Gasteiger partial charge in [0.15, 0.2) is 0 Å². The van der Waals surface area contributed by atoms with Crippen LogP contribution in [-0.2, 0) is 0 Å². The van der Waals surface area contributed by atoms with Gasteiger partial charge in [-0.2, -0.15) is 0 Å². The number of rotatable bonds is 3. The number of urea groups is 1. The minimum atomic E-state index is -1.16. The first-order chi connectivity index (χ1) is 10.5. The highest BCUT2D eigenvalue weighted by Crippen LogP contribution is 2.17. The van der Waals surface area contributed by atoms with Crippen LogP contribution in [0.5, 0.6) is 0 Å². The third kappa shape index (κ3) is 3.69. The smallest absolute Gasteiger partial charge is 0.337 e. The Morgan fingerprint density at radius 2 is 1.68 bits per heavy atom. The van der Waals surface area contributed by atoms with Crippen molar-refractivity contribution in [2.45, 2.75) is 6.92 Å². The predicted molar refractivity (Wildman–Crippen MR) is 81.1 cm³/mol. The van der Waals surface area contributed by atoms with Crippen LogP contribution < -0.4 is 10.6 Å². The van der Waals surface area contributed by atoms with Crippen LogP contribution in [0.1, 0.15) is 26.3 Å². The summed E-state index contributed by atoms with van der Waals surface area (Å²) in [5.41, 5.74) is 1.17. The number of nitrogens with one attached hydrogen (secondary N) is 2. The number of aryl methyl sites for hydroxylation is 1. The van der Waals surface area contributed by atoms with Crippen LogP contribution in [0.3, 0.4) is 0 Å². The molecule has 6 heteroatoms. The van der Waals surface area contributed by atoms with E-state index in [0.29, 0.717) is 5.56 Å². The summed E-state index contributed by atoms with van der Waals surface area (Å²) in [4.78, 5) is 34.8. The summed E-state index contributed by atoms with van der Waals surface area (Å²) < 4.78 is 0. The molecule has 3 N–H and O–H groups in total. The van der Waals surface area contributed by atoms with Gasteiger partial charge in [0.05, 0.1) is 11.3 Å². The molecule has 0 saturated carbocycles. The Bertz CT molecular complexity index is 726. The number of benzene rings is 2. The van der Waals surface area contributed by atoms with Gasteiger partial charge in [0.25, 0.3) is 5.91 Å². The Morgan fingerprint density at radius 3 is 2.32 bits per heavy atom. The van der Waals surface area contributed by atoms with Crippen LogP contribution in [0.25, 0.3) is 0 Å². The van der Waals surface area contributed by atoms with E-state index in [2.05, 4.69) is 10.6 Å². The second-order valence-electron chi connectivity index (χ2n) is 4.63. The molecule has 3 amide bonds. The van der Waals surface area contributed by atoms with Crippen molar-refractivity contribution in [2.24, 2.45) is 0 Å². The normalized spacial score (nSPS) is 9.86. The number of imide groups is 1.